The first kappa shape index (κ1) is 17.1. The molecule has 0 bridgehead atoms. The van der Waals surface area contributed by atoms with Crippen LogP contribution >= 0.6 is 0 Å². The summed E-state index contributed by atoms with van der Waals surface area (Å²) in [5, 5.41) is 9.80. The Balaban J connectivity index is 1.65. The summed E-state index contributed by atoms with van der Waals surface area (Å²) in [5.74, 6) is -0.191. The van der Waals surface area contributed by atoms with Gasteiger partial charge in [0.25, 0.3) is 5.91 Å². The third kappa shape index (κ3) is 3.67. The van der Waals surface area contributed by atoms with Crippen molar-refractivity contribution in [3.63, 3.8) is 0 Å². The van der Waals surface area contributed by atoms with Gasteiger partial charge in [-0.15, -0.1) is 0 Å². The molecule has 1 aliphatic heterocycles. The second-order valence-electron chi connectivity index (χ2n) is 7.01. The van der Waals surface area contributed by atoms with Crippen LogP contribution in [0.1, 0.15) is 31.3 Å². The van der Waals surface area contributed by atoms with E-state index in [1.165, 1.54) is 6.07 Å². The van der Waals surface area contributed by atoms with Crippen LogP contribution in [0.3, 0.4) is 0 Å². The van der Waals surface area contributed by atoms with Crippen molar-refractivity contribution in [1.29, 1.82) is 0 Å². The summed E-state index contributed by atoms with van der Waals surface area (Å²) in [6.45, 7) is 7.13. The standard InChI is InChI=1S/C17H22N4O4/c1-17(2,3)25-16(24)20-9-7-19(8-10-20)15(23)12-11-21-6-4-5-13(22)14(21)18-12/h4-6,11,22H,7-10H2,1-3H3. The van der Waals surface area contributed by atoms with Crippen LogP contribution in [0, 0.1) is 0 Å². The predicted octanol–water partition coefficient (Wildman–Crippen LogP) is 1.73. The Hall–Kier alpha value is -2.77. The number of imidazole rings is 1. The normalized spacial score (nSPS) is 15.5. The number of fused-ring (bicyclic) bond motifs is 1. The molecule has 0 aliphatic carbocycles. The van der Waals surface area contributed by atoms with Gasteiger partial charge >= 0.3 is 6.09 Å². The fraction of sp³-hybridized carbons (Fsp3) is 0.471. The lowest BCUT2D eigenvalue weighted by Gasteiger charge is -2.35. The zero-order chi connectivity index (χ0) is 18.2. The van der Waals surface area contributed by atoms with Gasteiger partial charge in [0.1, 0.15) is 11.3 Å². The maximum atomic E-state index is 12.6. The van der Waals surface area contributed by atoms with E-state index in [9.17, 15) is 14.7 Å². The van der Waals surface area contributed by atoms with Crippen molar-refractivity contribution in [1.82, 2.24) is 19.2 Å². The van der Waals surface area contributed by atoms with Gasteiger partial charge in [0.15, 0.2) is 11.4 Å². The van der Waals surface area contributed by atoms with Gasteiger partial charge in [-0.2, -0.15) is 0 Å². The minimum atomic E-state index is -0.539. The van der Waals surface area contributed by atoms with Crippen LogP contribution < -0.4 is 0 Å². The van der Waals surface area contributed by atoms with Crippen molar-refractivity contribution in [2.75, 3.05) is 26.2 Å². The summed E-state index contributed by atoms with van der Waals surface area (Å²) < 4.78 is 6.96. The minimum absolute atomic E-state index is 0.0243. The molecule has 25 heavy (non-hydrogen) atoms. The van der Waals surface area contributed by atoms with Crippen LogP contribution in [0.15, 0.2) is 24.5 Å². The van der Waals surface area contributed by atoms with Crippen LogP contribution in [0.25, 0.3) is 5.65 Å². The Morgan fingerprint density at radius 3 is 2.40 bits per heavy atom. The molecule has 0 spiro atoms. The van der Waals surface area contributed by atoms with E-state index in [1.54, 1.807) is 32.7 Å². The zero-order valence-corrected chi connectivity index (χ0v) is 14.6. The number of hydrogen-bond donors (Lipinski definition) is 1. The molecule has 8 heteroatoms. The molecule has 3 heterocycles. The molecule has 1 N–H and O–H groups in total. The molecule has 2 aromatic heterocycles. The molecular weight excluding hydrogens is 324 g/mol. The second kappa shape index (κ2) is 6.27. The molecule has 0 aromatic carbocycles. The Morgan fingerprint density at radius 1 is 1.16 bits per heavy atom. The van der Waals surface area contributed by atoms with Crippen molar-refractivity contribution in [2.45, 2.75) is 26.4 Å². The molecule has 2 aromatic rings. The summed E-state index contributed by atoms with van der Waals surface area (Å²) in [4.78, 5) is 32.2. The number of carbonyl (C=O) groups excluding carboxylic acids is 2. The smallest absolute Gasteiger partial charge is 0.410 e. The lowest BCUT2D eigenvalue weighted by Crippen LogP contribution is -2.51. The van der Waals surface area contributed by atoms with E-state index in [2.05, 4.69) is 4.98 Å². The third-order valence-corrected chi connectivity index (χ3v) is 3.90. The van der Waals surface area contributed by atoms with Gasteiger partial charge in [0, 0.05) is 38.6 Å². The van der Waals surface area contributed by atoms with E-state index in [0.29, 0.717) is 31.8 Å². The number of piperazine rings is 1. The van der Waals surface area contributed by atoms with Crippen molar-refractivity contribution in [3.05, 3.63) is 30.2 Å². The first-order chi connectivity index (χ1) is 11.7. The molecule has 0 atom stereocenters. The Bertz CT molecular complexity index is 801. The fourth-order valence-corrected chi connectivity index (χ4v) is 2.68. The van der Waals surface area contributed by atoms with Crippen molar-refractivity contribution < 1.29 is 19.4 Å². The molecule has 8 nitrogen and oxygen atoms in total. The number of rotatable bonds is 1. The lowest BCUT2D eigenvalue weighted by atomic mass is 10.2. The highest BCUT2D eigenvalue weighted by atomic mass is 16.6. The maximum absolute atomic E-state index is 12.6. The van der Waals surface area contributed by atoms with E-state index >= 15 is 0 Å². The molecule has 134 valence electrons. The SMILES string of the molecule is CC(C)(C)OC(=O)N1CCN(C(=O)c2cn3cccc(O)c3n2)CC1. The molecule has 0 unspecified atom stereocenters. The third-order valence-electron chi connectivity index (χ3n) is 3.90. The Labute approximate surface area is 145 Å². The van der Waals surface area contributed by atoms with Gasteiger partial charge < -0.3 is 24.0 Å². The summed E-state index contributed by atoms with van der Waals surface area (Å²) >= 11 is 0. The summed E-state index contributed by atoms with van der Waals surface area (Å²) in [6.07, 6.45) is 2.95. The van der Waals surface area contributed by atoms with Crippen LogP contribution in [0.5, 0.6) is 5.75 Å². The van der Waals surface area contributed by atoms with Gasteiger partial charge in [-0.1, -0.05) is 0 Å². The number of aromatic nitrogens is 2. The highest BCUT2D eigenvalue weighted by Crippen LogP contribution is 2.18. The largest absolute Gasteiger partial charge is 0.504 e. The van der Waals surface area contributed by atoms with Crippen LogP contribution in [0.2, 0.25) is 0 Å². The van der Waals surface area contributed by atoms with Gasteiger partial charge in [-0.05, 0) is 32.9 Å². The zero-order valence-electron chi connectivity index (χ0n) is 14.6. The average Bonchev–Trinajstić information content (AvgIpc) is 2.98. The maximum Gasteiger partial charge on any atom is 0.410 e. The van der Waals surface area contributed by atoms with Gasteiger partial charge in [-0.25, -0.2) is 9.78 Å². The summed E-state index contributed by atoms with van der Waals surface area (Å²) in [7, 11) is 0. The van der Waals surface area contributed by atoms with E-state index in [0.717, 1.165) is 0 Å². The van der Waals surface area contributed by atoms with Crippen LogP contribution in [-0.2, 0) is 4.74 Å². The van der Waals surface area contributed by atoms with Gasteiger partial charge in [0.2, 0.25) is 0 Å². The van der Waals surface area contributed by atoms with Crippen molar-refractivity contribution in [3.8, 4) is 5.75 Å². The topological polar surface area (TPSA) is 87.4 Å². The fourth-order valence-electron chi connectivity index (χ4n) is 2.68. The number of pyridine rings is 1. The van der Waals surface area contributed by atoms with Crippen molar-refractivity contribution >= 4 is 17.6 Å². The van der Waals surface area contributed by atoms with Gasteiger partial charge in [-0.3, -0.25) is 4.79 Å². The number of ether oxygens (including phenoxy) is 1. The molecule has 1 fully saturated rings. The van der Waals surface area contributed by atoms with E-state index in [1.807, 2.05) is 20.8 Å². The number of amides is 2. The van der Waals surface area contributed by atoms with Gasteiger partial charge in [0.05, 0.1) is 0 Å². The van der Waals surface area contributed by atoms with Crippen LogP contribution in [-0.4, -0.2) is 68.1 Å². The highest BCUT2D eigenvalue weighted by molar-refractivity contribution is 5.93. The summed E-state index contributed by atoms with van der Waals surface area (Å²) in [6, 6.07) is 3.20. The minimum Gasteiger partial charge on any atom is -0.504 e. The number of carbonyl (C=O) groups is 2. The van der Waals surface area contributed by atoms with E-state index in [4.69, 9.17) is 4.74 Å². The highest BCUT2D eigenvalue weighted by Gasteiger charge is 2.29. The Kier molecular flexibility index (Phi) is 4.28. The molecule has 0 radical (unpaired) electrons. The quantitative estimate of drug-likeness (QED) is 0.850. The molecule has 3 rings (SSSR count). The second-order valence-corrected chi connectivity index (χ2v) is 7.01. The molecule has 2 amide bonds. The molecule has 1 saturated heterocycles. The average molecular weight is 346 g/mol. The lowest BCUT2D eigenvalue weighted by molar-refractivity contribution is 0.0140. The molecular formula is C17H22N4O4. The monoisotopic (exact) mass is 346 g/mol. The predicted molar refractivity (Wildman–Crippen MR) is 90.6 cm³/mol. The molecule has 0 saturated carbocycles. The first-order valence-corrected chi connectivity index (χ1v) is 8.18. The van der Waals surface area contributed by atoms with E-state index in [-0.39, 0.29) is 23.4 Å². The number of nitrogens with zero attached hydrogens (tertiary/aromatic N) is 4. The Morgan fingerprint density at radius 2 is 1.80 bits per heavy atom. The number of hydrogen-bond acceptors (Lipinski definition) is 5. The first-order valence-electron chi connectivity index (χ1n) is 8.18. The summed E-state index contributed by atoms with van der Waals surface area (Å²) in [5.41, 5.74) is 0.0771. The van der Waals surface area contributed by atoms with E-state index < -0.39 is 5.60 Å². The van der Waals surface area contributed by atoms with Crippen molar-refractivity contribution in [2.24, 2.45) is 0 Å². The number of aromatic hydroxyl groups is 1. The molecule has 1 aliphatic rings. The van der Waals surface area contributed by atoms with Crippen LogP contribution in [0.4, 0.5) is 4.79 Å².